The largest absolute Gasteiger partial charge is 0.399 e. The number of hydrogen-bond acceptors (Lipinski definition) is 3. The summed E-state index contributed by atoms with van der Waals surface area (Å²) in [5, 5.41) is 0.542. The van der Waals surface area contributed by atoms with Gasteiger partial charge in [0, 0.05) is 25.4 Å². The minimum atomic E-state index is -0.165. The van der Waals surface area contributed by atoms with Gasteiger partial charge in [0.05, 0.1) is 21.7 Å². The van der Waals surface area contributed by atoms with Crippen LogP contribution in [-0.4, -0.2) is 36.6 Å². The monoisotopic (exact) mass is 316 g/mol. The molecule has 0 aliphatic carbocycles. The molecule has 1 aliphatic rings. The summed E-state index contributed by atoms with van der Waals surface area (Å²) >= 11 is 12.1. The molecule has 2 rings (SSSR count). The summed E-state index contributed by atoms with van der Waals surface area (Å²) in [4.78, 5) is 14.3. The molecule has 1 aromatic carbocycles. The van der Waals surface area contributed by atoms with E-state index in [0.29, 0.717) is 29.4 Å². The number of nitrogen functional groups attached to an aromatic ring is 1. The van der Waals surface area contributed by atoms with Gasteiger partial charge in [-0.05, 0) is 31.9 Å². The van der Waals surface area contributed by atoms with E-state index in [1.165, 1.54) is 6.07 Å². The molecule has 1 saturated heterocycles. The minimum absolute atomic E-state index is 0.106. The van der Waals surface area contributed by atoms with Crippen molar-refractivity contribution >= 4 is 34.8 Å². The molecule has 4 nitrogen and oxygen atoms in total. The van der Waals surface area contributed by atoms with E-state index in [-0.39, 0.29) is 17.0 Å². The van der Waals surface area contributed by atoms with Crippen LogP contribution >= 0.6 is 23.2 Å². The minimum Gasteiger partial charge on any atom is -0.399 e. The fourth-order valence-corrected chi connectivity index (χ4v) is 2.74. The lowest BCUT2D eigenvalue weighted by atomic mass is 10.1. The van der Waals surface area contributed by atoms with Gasteiger partial charge >= 0.3 is 0 Å². The quantitative estimate of drug-likeness (QED) is 0.868. The molecular weight excluding hydrogens is 299 g/mol. The highest BCUT2D eigenvalue weighted by molar-refractivity contribution is 6.44. The Morgan fingerprint density at radius 2 is 2.25 bits per heavy atom. The van der Waals surface area contributed by atoms with Gasteiger partial charge in [-0.15, -0.1) is 0 Å². The van der Waals surface area contributed by atoms with Gasteiger partial charge in [0.1, 0.15) is 0 Å². The Morgan fingerprint density at radius 1 is 1.50 bits per heavy atom. The molecular formula is C14H18Cl2N2O2. The molecule has 6 heteroatoms. The van der Waals surface area contributed by atoms with E-state index in [0.717, 1.165) is 19.4 Å². The number of ether oxygens (including phenoxy) is 1. The van der Waals surface area contributed by atoms with Crippen molar-refractivity contribution in [2.24, 2.45) is 0 Å². The third-order valence-electron chi connectivity index (χ3n) is 3.40. The van der Waals surface area contributed by atoms with Gasteiger partial charge in [-0.1, -0.05) is 23.2 Å². The number of hydrogen-bond donors (Lipinski definition) is 1. The second kappa shape index (κ2) is 6.66. The fraction of sp³-hybridized carbons (Fsp3) is 0.500. The molecule has 1 atom stereocenters. The van der Waals surface area contributed by atoms with Crippen LogP contribution in [0.4, 0.5) is 5.69 Å². The van der Waals surface area contributed by atoms with Crippen molar-refractivity contribution in [2.45, 2.75) is 25.9 Å². The van der Waals surface area contributed by atoms with Crippen LogP contribution in [-0.2, 0) is 4.74 Å². The van der Waals surface area contributed by atoms with Crippen molar-refractivity contribution in [2.75, 3.05) is 25.4 Å². The summed E-state index contributed by atoms with van der Waals surface area (Å²) in [7, 11) is 0. The number of halogens is 2. The Balaban J connectivity index is 2.19. The van der Waals surface area contributed by atoms with Crippen molar-refractivity contribution < 1.29 is 9.53 Å². The van der Waals surface area contributed by atoms with E-state index in [4.69, 9.17) is 33.7 Å². The standard InChI is InChI=1S/C14H18Cl2N2O2/c1-2-18(8-10-4-3-5-20-10)14(19)11-6-9(17)7-12(15)13(11)16/h6-7,10H,2-5,8,17H2,1H3. The average molecular weight is 317 g/mol. The maximum atomic E-state index is 12.6. The molecule has 0 aromatic heterocycles. The molecule has 110 valence electrons. The number of nitrogens with two attached hydrogens (primary N) is 1. The number of carbonyl (C=O) groups is 1. The molecule has 20 heavy (non-hydrogen) atoms. The van der Waals surface area contributed by atoms with Crippen LogP contribution in [0.2, 0.25) is 10.0 Å². The van der Waals surface area contributed by atoms with E-state index in [1.54, 1.807) is 11.0 Å². The number of likely N-dealkylation sites (N-methyl/N-ethyl adjacent to an activating group) is 1. The predicted molar refractivity (Wildman–Crippen MR) is 81.4 cm³/mol. The van der Waals surface area contributed by atoms with Gasteiger partial charge < -0.3 is 15.4 Å². The van der Waals surface area contributed by atoms with E-state index in [2.05, 4.69) is 0 Å². The summed E-state index contributed by atoms with van der Waals surface area (Å²) in [6.07, 6.45) is 2.13. The second-order valence-corrected chi connectivity index (χ2v) is 5.63. The van der Waals surface area contributed by atoms with Gasteiger partial charge in [0.25, 0.3) is 5.91 Å². The highest BCUT2D eigenvalue weighted by Gasteiger charge is 2.24. The van der Waals surface area contributed by atoms with Crippen LogP contribution in [0.5, 0.6) is 0 Å². The van der Waals surface area contributed by atoms with Crippen molar-refractivity contribution in [1.82, 2.24) is 4.90 Å². The van der Waals surface area contributed by atoms with Crippen LogP contribution in [0.3, 0.4) is 0 Å². The molecule has 2 N–H and O–H groups in total. The lowest BCUT2D eigenvalue weighted by Gasteiger charge is -2.24. The lowest BCUT2D eigenvalue weighted by molar-refractivity contribution is 0.0539. The Kier molecular flexibility index (Phi) is 5.13. The third-order valence-corrected chi connectivity index (χ3v) is 4.20. The van der Waals surface area contributed by atoms with E-state index < -0.39 is 0 Å². The van der Waals surface area contributed by atoms with Crippen molar-refractivity contribution in [3.63, 3.8) is 0 Å². The highest BCUT2D eigenvalue weighted by atomic mass is 35.5. The number of nitrogens with zero attached hydrogens (tertiary/aromatic N) is 1. The predicted octanol–water partition coefficient (Wildman–Crippen LogP) is 3.22. The summed E-state index contributed by atoms with van der Waals surface area (Å²) < 4.78 is 5.57. The molecule has 0 bridgehead atoms. The van der Waals surface area contributed by atoms with Crippen molar-refractivity contribution in [1.29, 1.82) is 0 Å². The Labute approximate surface area is 128 Å². The van der Waals surface area contributed by atoms with Crippen LogP contribution in [0.1, 0.15) is 30.1 Å². The van der Waals surface area contributed by atoms with E-state index in [1.807, 2.05) is 6.92 Å². The molecule has 1 amide bonds. The Morgan fingerprint density at radius 3 is 2.85 bits per heavy atom. The molecule has 0 radical (unpaired) electrons. The van der Waals surface area contributed by atoms with E-state index in [9.17, 15) is 4.79 Å². The number of carbonyl (C=O) groups excluding carboxylic acids is 1. The van der Waals surface area contributed by atoms with Gasteiger partial charge in [-0.25, -0.2) is 0 Å². The van der Waals surface area contributed by atoms with Gasteiger partial charge in [-0.3, -0.25) is 4.79 Å². The summed E-state index contributed by atoms with van der Waals surface area (Å²) in [6, 6.07) is 3.10. The first kappa shape index (κ1) is 15.4. The van der Waals surface area contributed by atoms with Crippen LogP contribution in [0, 0.1) is 0 Å². The van der Waals surface area contributed by atoms with Gasteiger partial charge in [0.2, 0.25) is 0 Å². The topological polar surface area (TPSA) is 55.6 Å². The normalized spacial score (nSPS) is 18.2. The van der Waals surface area contributed by atoms with Crippen LogP contribution in [0.25, 0.3) is 0 Å². The summed E-state index contributed by atoms with van der Waals surface area (Å²) in [6.45, 7) is 3.84. The zero-order chi connectivity index (χ0) is 14.7. The molecule has 1 heterocycles. The summed E-state index contributed by atoms with van der Waals surface area (Å²) in [5.41, 5.74) is 6.50. The van der Waals surface area contributed by atoms with Gasteiger partial charge in [0.15, 0.2) is 0 Å². The Hall–Kier alpha value is -0.970. The second-order valence-electron chi connectivity index (χ2n) is 4.84. The van der Waals surface area contributed by atoms with Gasteiger partial charge in [-0.2, -0.15) is 0 Å². The Bertz CT molecular complexity index is 502. The summed E-state index contributed by atoms with van der Waals surface area (Å²) in [5.74, 6) is -0.165. The zero-order valence-corrected chi connectivity index (χ0v) is 12.9. The van der Waals surface area contributed by atoms with Crippen molar-refractivity contribution in [3.05, 3.63) is 27.7 Å². The maximum absolute atomic E-state index is 12.6. The van der Waals surface area contributed by atoms with Crippen molar-refractivity contribution in [3.8, 4) is 0 Å². The first-order valence-corrected chi connectivity index (χ1v) is 7.44. The zero-order valence-electron chi connectivity index (χ0n) is 11.4. The third kappa shape index (κ3) is 3.37. The lowest BCUT2D eigenvalue weighted by Crippen LogP contribution is -2.37. The fourth-order valence-electron chi connectivity index (χ4n) is 2.33. The molecule has 0 saturated carbocycles. The first-order valence-electron chi connectivity index (χ1n) is 6.68. The molecule has 1 fully saturated rings. The number of amides is 1. The van der Waals surface area contributed by atoms with Crippen LogP contribution in [0.15, 0.2) is 12.1 Å². The number of rotatable bonds is 4. The molecule has 1 aliphatic heterocycles. The maximum Gasteiger partial charge on any atom is 0.255 e. The molecule has 1 aromatic rings. The molecule has 0 spiro atoms. The molecule has 1 unspecified atom stereocenters. The smallest absolute Gasteiger partial charge is 0.255 e. The highest BCUT2D eigenvalue weighted by Crippen LogP contribution is 2.30. The first-order chi connectivity index (χ1) is 9.52. The van der Waals surface area contributed by atoms with E-state index >= 15 is 0 Å². The average Bonchev–Trinajstić information content (AvgIpc) is 2.92. The number of anilines is 1. The van der Waals surface area contributed by atoms with Crippen LogP contribution < -0.4 is 5.73 Å². The SMILES string of the molecule is CCN(CC1CCCO1)C(=O)c1cc(N)cc(Cl)c1Cl. The number of benzene rings is 1.